The van der Waals surface area contributed by atoms with Crippen LogP contribution >= 0.6 is 0 Å². The van der Waals surface area contributed by atoms with Crippen LogP contribution < -0.4 is 11.3 Å². The average molecular weight is 386 g/mol. The van der Waals surface area contributed by atoms with Gasteiger partial charge in [0.1, 0.15) is 17.3 Å². The van der Waals surface area contributed by atoms with Crippen molar-refractivity contribution in [3.8, 4) is 22.5 Å². The minimum absolute atomic E-state index is 0.0366. The van der Waals surface area contributed by atoms with Crippen molar-refractivity contribution in [3.05, 3.63) is 64.2 Å². The van der Waals surface area contributed by atoms with Crippen molar-refractivity contribution < 1.29 is 18.7 Å². The molecule has 0 aliphatic heterocycles. The molecule has 2 aromatic heterocycles. The molecule has 28 heavy (non-hydrogen) atoms. The van der Waals surface area contributed by atoms with Gasteiger partial charge in [0, 0.05) is 29.4 Å². The quantitative estimate of drug-likeness (QED) is 0.713. The number of anilines is 1. The van der Waals surface area contributed by atoms with E-state index in [1.165, 1.54) is 22.9 Å². The van der Waals surface area contributed by atoms with Crippen molar-refractivity contribution in [2.75, 3.05) is 5.73 Å². The summed E-state index contributed by atoms with van der Waals surface area (Å²) in [6.45, 7) is 3.57. The molecule has 9 heteroatoms. The Morgan fingerprint density at radius 2 is 1.86 bits per heavy atom. The first-order chi connectivity index (χ1) is 13.2. The molecule has 0 spiro atoms. The SMILES string of the molecule is CC(C)n1cc(-c2nc(C(=O)O)c(N)nc2-c2cc(F)ccc2F)ccc1=O. The third-order valence-corrected chi connectivity index (χ3v) is 4.08. The van der Waals surface area contributed by atoms with Crippen molar-refractivity contribution in [2.45, 2.75) is 19.9 Å². The Morgan fingerprint density at radius 3 is 2.50 bits per heavy atom. The van der Waals surface area contributed by atoms with Crippen LogP contribution in [0.3, 0.4) is 0 Å². The lowest BCUT2D eigenvalue weighted by Crippen LogP contribution is -2.20. The summed E-state index contributed by atoms with van der Waals surface area (Å²) in [5.41, 5.74) is 4.77. The first kappa shape index (κ1) is 19.2. The van der Waals surface area contributed by atoms with Gasteiger partial charge in [0.25, 0.3) is 5.56 Å². The van der Waals surface area contributed by atoms with Gasteiger partial charge in [0.15, 0.2) is 11.5 Å². The summed E-state index contributed by atoms with van der Waals surface area (Å²) in [7, 11) is 0. The van der Waals surface area contributed by atoms with Crippen LogP contribution in [-0.2, 0) is 0 Å². The van der Waals surface area contributed by atoms with E-state index in [-0.39, 0.29) is 28.6 Å². The zero-order chi connectivity index (χ0) is 20.6. The number of nitrogen functional groups attached to an aromatic ring is 1. The molecule has 3 aromatic rings. The Bertz CT molecular complexity index is 1140. The molecule has 0 radical (unpaired) electrons. The fourth-order valence-corrected chi connectivity index (χ4v) is 2.72. The molecule has 0 aliphatic carbocycles. The number of carbonyl (C=O) groups is 1. The molecule has 7 nitrogen and oxygen atoms in total. The summed E-state index contributed by atoms with van der Waals surface area (Å²) in [5, 5.41) is 9.31. The summed E-state index contributed by atoms with van der Waals surface area (Å²) in [5.74, 6) is -3.35. The Morgan fingerprint density at radius 1 is 1.14 bits per heavy atom. The minimum Gasteiger partial charge on any atom is -0.476 e. The molecule has 0 bridgehead atoms. The fraction of sp³-hybridized carbons (Fsp3) is 0.158. The van der Waals surface area contributed by atoms with E-state index in [9.17, 15) is 23.5 Å². The van der Waals surface area contributed by atoms with Gasteiger partial charge < -0.3 is 15.4 Å². The third kappa shape index (κ3) is 3.46. The van der Waals surface area contributed by atoms with Crippen LogP contribution in [0.2, 0.25) is 0 Å². The number of hydrogen-bond acceptors (Lipinski definition) is 5. The maximum absolute atomic E-state index is 14.4. The normalized spacial score (nSPS) is 11.0. The molecule has 1 aromatic carbocycles. The zero-order valence-corrected chi connectivity index (χ0v) is 15.0. The van der Waals surface area contributed by atoms with Crippen molar-refractivity contribution in [2.24, 2.45) is 0 Å². The number of rotatable bonds is 4. The topological polar surface area (TPSA) is 111 Å². The van der Waals surface area contributed by atoms with Crippen molar-refractivity contribution >= 4 is 11.8 Å². The van der Waals surface area contributed by atoms with E-state index < -0.39 is 29.1 Å². The molecule has 0 saturated carbocycles. The smallest absolute Gasteiger partial charge is 0.358 e. The molecule has 0 amide bonds. The van der Waals surface area contributed by atoms with Crippen LogP contribution in [-0.4, -0.2) is 25.6 Å². The van der Waals surface area contributed by atoms with E-state index in [1.54, 1.807) is 13.8 Å². The van der Waals surface area contributed by atoms with Crippen LogP contribution in [0.4, 0.5) is 14.6 Å². The van der Waals surface area contributed by atoms with Crippen molar-refractivity contribution in [1.29, 1.82) is 0 Å². The van der Waals surface area contributed by atoms with Crippen molar-refractivity contribution in [1.82, 2.24) is 14.5 Å². The predicted octanol–water partition coefficient (Wildman–Crippen LogP) is 3.11. The third-order valence-electron chi connectivity index (χ3n) is 4.08. The minimum atomic E-state index is -1.42. The second-order valence-corrected chi connectivity index (χ2v) is 6.34. The van der Waals surface area contributed by atoms with Gasteiger partial charge in [-0.05, 0) is 38.1 Å². The standard InChI is InChI=1S/C19H16F2N4O3/c1-9(2)25-8-10(3-6-14(25)26)15-16(12-7-11(20)4-5-13(12)21)24-18(22)17(23-15)19(27)28/h3-9H,1-2H3,(H2,22,24)(H,27,28). The largest absolute Gasteiger partial charge is 0.476 e. The molecule has 0 unspecified atom stereocenters. The molecule has 0 saturated heterocycles. The Labute approximate surface area is 158 Å². The van der Waals surface area contributed by atoms with Crippen LogP contribution in [0.15, 0.2) is 41.3 Å². The molecule has 0 atom stereocenters. The maximum atomic E-state index is 14.4. The molecule has 0 aliphatic rings. The number of nitrogens with two attached hydrogens (primary N) is 1. The summed E-state index contributed by atoms with van der Waals surface area (Å²) in [6.07, 6.45) is 1.46. The molecule has 0 fully saturated rings. The van der Waals surface area contributed by atoms with E-state index >= 15 is 0 Å². The molecular formula is C19H16F2N4O3. The number of nitrogens with zero attached hydrogens (tertiary/aromatic N) is 3. The maximum Gasteiger partial charge on any atom is 0.358 e. The van der Waals surface area contributed by atoms with Crippen LogP contribution in [0.25, 0.3) is 22.5 Å². The molecule has 3 rings (SSSR count). The number of aromatic carboxylic acids is 1. The van der Waals surface area contributed by atoms with Gasteiger partial charge in [-0.1, -0.05) is 0 Å². The number of hydrogen-bond donors (Lipinski definition) is 2. The van der Waals surface area contributed by atoms with Gasteiger partial charge in [0.2, 0.25) is 0 Å². The van der Waals surface area contributed by atoms with Crippen LogP contribution in [0, 0.1) is 11.6 Å². The van der Waals surface area contributed by atoms with E-state index in [2.05, 4.69) is 9.97 Å². The Balaban J connectivity index is 2.37. The second kappa shape index (κ2) is 7.18. The average Bonchev–Trinajstić information content (AvgIpc) is 2.63. The van der Waals surface area contributed by atoms with Gasteiger partial charge in [-0.25, -0.2) is 23.5 Å². The number of halogens is 2. The van der Waals surface area contributed by atoms with Gasteiger partial charge in [0.05, 0.1) is 5.69 Å². The second-order valence-electron chi connectivity index (χ2n) is 6.34. The van der Waals surface area contributed by atoms with Gasteiger partial charge >= 0.3 is 5.97 Å². The highest BCUT2D eigenvalue weighted by Gasteiger charge is 2.22. The summed E-state index contributed by atoms with van der Waals surface area (Å²) < 4.78 is 29.5. The lowest BCUT2D eigenvalue weighted by Gasteiger charge is -2.15. The van der Waals surface area contributed by atoms with E-state index in [1.807, 2.05) is 0 Å². The highest BCUT2D eigenvalue weighted by molar-refractivity contribution is 5.92. The number of carboxylic acid groups (broad SMARTS) is 1. The van der Waals surface area contributed by atoms with E-state index in [0.717, 1.165) is 18.2 Å². The summed E-state index contributed by atoms with van der Waals surface area (Å²) in [6, 6.07) is 5.28. The highest BCUT2D eigenvalue weighted by atomic mass is 19.1. The Hall–Kier alpha value is -3.62. The number of aromatic nitrogens is 3. The predicted molar refractivity (Wildman–Crippen MR) is 98.8 cm³/mol. The molecule has 144 valence electrons. The Kier molecular flexibility index (Phi) is 4.91. The lowest BCUT2D eigenvalue weighted by molar-refractivity contribution is 0.0691. The zero-order valence-electron chi connectivity index (χ0n) is 15.0. The molecular weight excluding hydrogens is 370 g/mol. The fourth-order valence-electron chi connectivity index (χ4n) is 2.72. The van der Waals surface area contributed by atoms with Gasteiger partial charge in [-0.2, -0.15) is 0 Å². The monoisotopic (exact) mass is 386 g/mol. The van der Waals surface area contributed by atoms with Crippen LogP contribution in [0.5, 0.6) is 0 Å². The summed E-state index contributed by atoms with van der Waals surface area (Å²) >= 11 is 0. The lowest BCUT2D eigenvalue weighted by atomic mass is 10.0. The van der Waals surface area contributed by atoms with Crippen LogP contribution in [0.1, 0.15) is 30.4 Å². The number of pyridine rings is 1. The molecule has 3 N–H and O–H groups in total. The first-order valence-electron chi connectivity index (χ1n) is 8.28. The summed E-state index contributed by atoms with van der Waals surface area (Å²) in [4.78, 5) is 31.5. The number of benzene rings is 1. The molecule has 2 heterocycles. The first-order valence-corrected chi connectivity index (χ1v) is 8.28. The van der Waals surface area contributed by atoms with Gasteiger partial charge in [-0.15, -0.1) is 0 Å². The van der Waals surface area contributed by atoms with Crippen molar-refractivity contribution in [3.63, 3.8) is 0 Å². The number of carboxylic acids is 1. The van der Waals surface area contributed by atoms with E-state index in [4.69, 9.17) is 5.73 Å². The van der Waals surface area contributed by atoms with E-state index in [0.29, 0.717) is 5.56 Å². The van der Waals surface area contributed by atoms with Gasteiger partial charge in [-0.3, -0.25) is 4.79 Å². The highest BCUT2D eigenvalue weighted by Crippen LogP contribution is 2.32.